The smallest absolute Gasteiger partial charge is 0.257 e. The summed E-state index contributed by atoms with van der Waals surface area (Å²) in [6.45, 7) is 0. The number of carbonyl (C=O) groups excluding carboxylic acids is 1. The van der Waals surface area contributed by atoms with E-state index < -0.39 is 0 Å². The number of ether oxygens (including phenoxy) is 1. The van der Waals surface area contributed by atoms with Gasteiger partial charge in [0.1, 0.15) is 5.75 Å². The lowest BCUT2D eigenvalue weighted by Crippen LogP contribution is -2.34. The van der Waals surface area contributed by atoms with Crippen molar-refractivity contribution in [2.24, 2.45) is 0 Å². The van der Waals surface area contributed by atoms with Gasteiger partial charge in [-0.1, -0.05) is 0 Å². The van der Waals surface area contributed by atoms with E-state index in [1.165, 1.54) is 0 Å². The zero-order valence-electron chi connectivity index (χ0n) is 12.0. The Morgan fingerprint density at radius 2 is 1.74 bits per heavy atom. The summed E-state index contributed by atoms with van der Waals surface area (Å²) in [6, 6.07) is 10.3. The van der Waals surface area contributed by atoms with Gasteiger partial charge in [-0.25, -0.2) is 0 Å². The van der Waals surface area contributed by atoms with Gasteiger partial charge in [0.25, 0.3) is 5.91 Å². The molecule has 120 valence electrons. The first-order valence-electron chi connectivity index (χ1n) is 6.41. The van der Waals surface area contributed by atoms with E-state index in [2.05, 4.69) is 42.5 Å². The minimum Gasteiger partial charge on any atom is -0.494 e. The lowest BCUT2D eigenvalue weighted by Gasteiger charge is -2.12. The van der Waals surface area contributed by atoms with Crippen LogP contribution in [0.3, 0.4) is 0 Å². The van der Waals surface area contributed by atoms with Crippen LogP contribution in [0.2, 0.25) is 0 Å². The Balaban J connectivity index is 2.06. The van der Waals surface area contributed by atoms with Crippen LogP contribution in [0.15, 0.2) is 45.3 Å². The number of carbonyl (C=O) groups is 1. The molecule has 1 amide bonds. The standard InChI is InChI=1S/C15H13Br2N3O2S/c1-22-13-11(16)6-8(7-12(13)17)14(21)20-15(23)19-10-4-2-9(18)3-5-10/h2-7H,18H2,1H3,(H2,19,20,21,23). The molecule has 0 saturated heterocycles. The molecule has 0 spiro atoms. The van der Waals surface area contributed by atoms with Gasteiger partial charge in [0, 0.05) is 16.9 Å². The molecule has 0 aliphatic rings. The van der Waals surface area contributed by atoms with Crippen molar-refractivity contribution in [3.63, 3.8) is 0 Å². The maximum Gasteiger partial charge on any atom is 0.257 e. The Morgan fingerprint density at radius 1 is 1.17 bits per heavy atom. The van der Waals surface area contributed by atoms with Gasteiger partial charge in [0.2, 0.25) is 0 Å². The topological polar surface area (TPSA) is 76.4 Å². The quantitative estimate of drug-likeness (QED) is 0.479. The number of thiocarbonyl (C=S) groups is 1. The van der Waals surface area contributed by atoms with Gasteiger partial charge in [0.05, 0.1) is 16.1 Å². The van der Waals surface area contributed by atoms with E-state index in [1.807, 2.05) is 0 Å². The predicted octanol–water partition coefficient (Wildman–Crippen LogP) is 3.93. The molecular formula is C15H13Br2N3O2S. The highest BCUT2D eigenvalue weighted by molar-refractivity contribution is 9.11. The summed E-state index contributed by atoms with van der Waals surface area (Å²) in [6.07, 6.45) is 0. The maximum absolute atomic E-state index is 12.3. The van der Waals surface area contributed by atoms with Crippen molar-refractivity contribution < 1.29 is 9.53 Å². The number of amides is 1. The van der Waals surface area contributed by atoms with Crippen LogP contribution >= 0.6 is 44.1 Å². The largest absolute Gasteiger partial charge is 0.494 e. The summed E-state index contributed by atoms with van der Waals surface area (Å²) in [7, 11) is 1.55. The average molecular weight is 459 g/mol. The van der Waals surface area contributed by atoms with Crippen molar-refractivity contribution in [1.82, 2.24) is 5.32 Å². The molecule has 0 aromatic heterocycles. The summed E-state index contributed by atoms with van der Waals surface area (Å²) in [5.74, 6) is 0.283. The van der Waals surface area contributed by atoms with Crippen molar-refractivity contribution >= 4 is 66.5 Å². The number of nitrogens with two attached hydrogens (primary N) is 1. The molecule has 0 aliphatic carbocycles. The molecule has 0 aliphatic heterocycles. The number of nitrogen functional groups attached to an aromatic ring is 1. The second-order valence-electron chi connectivity index (χ2n) is 4.50. The minimum atomic E-state index is -0.331. The lowest BCUT2D eigenvalue weighted by molar-refractivity contribution is 0.0977. The molecule has 0 fully saturated rings. The number of halogens is 2. The maximum atomic E-state index is 12.3. The van der Waals surface area contributed by atoms with Gasteiger partial charge in [-0.15, -0.1) is 0 Å². The Morgan fingerprint density at radius 3 is 2.26 bits per heavy atom. The molecule has 5 nitrogen and oxygen atoms in total. The molecule has 0 radical (unpaired) electrons. The van der Waals surface area contributed by atoms with E-state index in [1.54, 1.807) is 43.5 Å². The fourth-order valence-corrected chi connectivity index (χ4v) is 3.51. The first-order valence-corrected chi connectivity index (χ1v) is 8.41. The third kappa shape index (κ3) is 4.66. The van der Waals surface area contributed by atoms with E-state index in [0.29, 0.717) is 25.9 Å². The highest BCUT2D eigenvalue weighted by Crippen LogP contribution is 2.34. The van der Waals surface area contributed by atoms with Crippen LogP contribution < -0.4 is 21.1 Å². The zero-order valence-corrected chi connectivity index (χ0v) is 16.0. The predicted molar refractivity (Wildman–Crippen MR) is 103 cm³/mol. The molecule has 4 N–H and O–H groups in total. The number of hydrogen-bond donors (Lipinski definition) is 3. The molecule has 2 aromatic carbocycles. The molecule has 23 heavy (non-hydrogen) atoms. The normalized spacial score (nSPS) is 10.0. The minimum absolute atomic E-state index is 0.197. The zero-order chi connectivity index (χ0) is 17.0. The summed E-state index contributed by atoms with van der Waals surface area (Å²) >= 11 is 11.9. The first-order chi connectivity index (χ1) is 10.9. The Bertz CT molecular complexity index is 728. The third-order valence-corrected chi connectivity index (χ3v) is 4.24. The molecule has 0 bridgehead atoms. The molecule has 0 heterocycles. The average Bonchev–Trinajstić information content (AvgIpc) is 2.49. The lowest BCUT2D eigenvalue weighted by atomic mass is 10.2. The highest BCUT2D eigenvalue weighted by atomic mass is 79.9. The summed E-state index contributed by atoms with van der Waals surface area (Å²) in [5.41, 5.74) is 7.44. The number of benzene rings is 2. The fourth-order valence-electron chi connectivity index (χ4n) is 1.79. The molecule has 2 rings (SSSR count). The van der Waals surface area contributed by atoms with E-state index in [9.17, 15) is 4.79 Å². The Hall–Kier alpha value is -1.64. The number of nitrogens with one attached hydrogen (secondary N) is 2. The van der Waals surface area contributed by atoms with Crippen LogP contribution in [-0.2, 0) is 0 Å². The van der Waals surface area contributed by atoms with Crippen LogP contribution in [0.25, 0.3) is 0 Å². The SMILES string of the molecule is COc1c(Br)cc(C(=O)NC(=S)Nc2ccc(N)cc2)cc1Br. The second kappa shape index (κ2) is 7.76. The Kier molecular flexibility index (Phi) is 5.97. The van der Waals surface area contributed by atoms with Gasteiger partial charge >= 0.3 is 0 Å². The molecule has 0 atom stereocenters. The molecule has 8 heteroatoms. The van der Waals surface area contributed by atoms with Crippen LogP contribution in [0.4, 0.5) is 11.4 Å². The molecule has 0 unspecified atom stereocenters. The van der Waals surface area contributed by atoms with Gasteiger partial charge in [-0.2, -0.15) is 0 Å². The van der Waals surface area contributed by atoms with Crippen LogP contribution in [0.5, 0.6) is 5.75 Å². The van der Waals surface area contributed by atoms with Crippen molar-refractivity contribution in [2.45, 2.75) is 0 Å². The Labute approximate surface area is 155 Å². The second-order valence-corrected chi connectivity index (χ2v) is 6.62. The van der Waals surface area contributed by atoms with Crippen molar-refractivity contribution in [2.75, 3.05) is 18.2 Å². The van der Waals surface area contributed by atoms with Gasteiger partial charge in [-0.3, -0.25) is 10.1 Å². The van der Waals surface area contributed by atoms with Crippen molar-refractivity contribution in [3.05, 3.63) is 50.9 Å². The molecular weight excluding hydrogens is 446 g/mol. The summed E-state index contributed by atoms with van der Waals surface area (Å²) in [5, 5.41) is 5.73. The molecule has 2 aromatic rings. The van der Waals surface area contributed by atoms with Gasteiger partial charge in [0.15, 0.2) is 5.11 Å². The van der Waals surface area contributed by atoms with Gasteiger partial charge < -0.3 is 15.8 Å². The number of methoxy groups -OCH3 is 1. The van der Waals surface area contributed by atoms with Crippen LogP contribution in [-0.4, -0.2) is 18.1 Å². The molecule has 0 saturated carbocycles. The van der Waals surface area contributed by atoms with E-state index in [4.69, 9.17) is 22.7 Å². The summed E-state index contributed by atoms with van der Waals surface area (Å²) in [4.78, 5) is 12.3. The van der Waals surface area contributed by atoms with E-state index in [-0.39, 0.29) is 11.0 Å². The highest BCUT2D eigenvalue weighted by Gasteiger charge is 2.14. The van der Waals surface area contributed by atoms with Crippen molar-refractivity contribution in [1.29, 1.82) is 0 Å². The van der Waals surface area contributed by atoms with Crippen LogP contribution in [0, 0.1) is 0 Å². The van der Waals surface area contributed by atoms with E-state index >= 15 is 0 Å². The first kappa shape index (κ1) is 17.7. The van der Waals surface area contributed by atoms with Gasteiger partial charge in [-0.05, 0) is 80.5 Å². The summed E-state index contributed by atoms with van der Waals surface area (Å²) < 4.78 is 6.53. The third-order valence-electron chi connectivity index (χ3n) is 2.86. The van der Waals surface area contributed by atoms with Crippen molar-refractivity contribution in [3.8, 4) is 5.75 Å². The van der Waals surface area contributed by atoms with E-state index in [0.717, 1.165) is 5.69 Å². The monoisotopic (exact) mass is 457 g/mol. The number of anilines is 2. The number of hydrogen-bond acceptors (Lipinski definition) is 4. The number of rotatable bonds is 3. The fraction of sp³-hybridized carbons (Fsp3) is 0.0667. The van der Waals surface area contributed by atoms with Crippen LogP contribution in [0.1, 0.15) is 10.4 Å².